The maximum Gasteiger partial charge on any atom is 0.196 e. The molecule has 0 unspecified atom stereocenters. The van der Waals surface area contributed by atoms with Crippen molar-refractivity contribution < 1.29 is 13.9 Å². The van der Waals surface area contributed by atoms with Crippen LogP contribution in [0, 0.1) is 5.82 Å². The normalized spacial score (nSPS) is 10.7. The first-order chi connectivity index (χ1) is 12.2. The average molecular weight is 473 g/mol. The van der Waals surface area contributed by atoms with E-state index in [9.17, 15) is 4.39 Å². The van der Waals surface area contributed by atoms with Gasteiger partial charge in [0.05, 0.1) is 20.3 Å². The zero-order chi connectivity index (χ0) is 18.1. The van der Waals surface area contributed by atoms with E-state index in [0.717, 1.165) is 17.8 Å². The van der Waals surface area contributed by atoms with Crippen molar-refractivity contribution in [3.63, 3.8) is 0 Å². The van der Waals surface area contributed by atoms with E-state index in [1.165, 1.54) is 12.1 Å². The number of aliphatic imine (C=N–C) groups is 1. The van der Waals surface area contributed by atoms with Crippen molar-refractivity contribution >= 4 is 35.6 Å². The summed E-state index contributed by atoms with van der Waals surface area (Å²) >= 11 is 0. The fraction of sp³-hybridized carbons (Fsp3) is 0.316. The molecule has 0 aliphatic rings. The molecule has 0 aromatic heterocycles. The van der Waals surface area contributed by atoms with Gasteiger partial charge in [-0.25, -0.2) is 9.38 Å². The molecule has 0 aliphatic heterocycles. The Morgan fingerprint density at radius 2 is 1.81 bits per heavy atom. The predicted molar refractivity (Wildman–Crippen MR) is 114 cm³/mol. The van der Waals surface area contributed by atoms with Gasteiger partial charge in [-0.15, -0.1) is 24.0 Å². The summed E-state index contributed by atoms with van der Waals surface area (Å²) in [6.07, 6.45) is 0. The molecule has 0 radical (unpaired) electrons. The van der Waals surface area contributed by atoms with E-state index in [2.05, 4.69) is 15.6 Å². The minimum atomic E-state index is -0.251. The van der Waals surface area contributed by atoms with Crippen molar-refractivity contribution in [1.29, 1.82) is 0 Å². The first kappa shape index (κ1) is 22.0. The van der Waals surface area contributed by atoms with Gasteiger partial charge in [-0.05, 0) is 43.7 Å². The highest BCUT2D eigenvalue weighted by atomic mass is 127. The van der Waals surface area contributed by atoms with Crippen molar-refractivity contribution in [3.05, 3.63) is 53.8 Å². The van der Waals surface area contributed by atoms with E-state index in [0.29, 0.717) is 30.6 Å². The second kappa shape index (κ2) is 11.6. The first-order valence-electron chi connectivity index (χ1n) is 8.26. The molecule has 0 aliphatic carbocycles. The molecule has 0 bridgehead atoms. The Hall–Kier alpha value is -2.03. The molecule has 0 saturated carbocycles. The standard InChI is InChI=1S/C19H24FN3O2.HI/c1-4-21-19(22-13-14-6-8-15(20)9-7-14)23-16-10-11-17(25-5-2)18(12-16)24-3;/h6-12H,4-5,13H2,1-3H3,(H2,21,22,23);1H. The molecular formula is C19H25FIN3O2. The Bertz CT molecular complexity index is 708. The number of benzene rings is 2. The Balaban J connectivity index is 0.00000338. The number of hydrogen-bond acceptors (Lipinski definition) is 3. The zero-order valence-electron chi connectivity index (χ0n) is 15.2. The molecule has 0 atom stereocenters. The second-order valence-corrected chi connectivity index (χ2v) is 5.25. The number of ether oxygens (including phenoxy) is 2. The number of methoxy groups -OCH3 is 1. The van der Waals surface area contributed by atoms with Crippen LogP contribution < -0.4 is 20.1 Å². The highest BCUT2D eigenvalue weighted by molar-refractivity contribution is 14.0. The number of nitrogens with one attached hydrogen (secondary N) is 2. The van der Waals surface area contributed by atoms with Gasteiger partial charge < -0.3 is 20.1 Å². The number of anilines is 1. The lowest BCUT2D eigenvalue weighted by Gasteiger charge is -2.14. The third kappa shape index (κ3) is 6.70. The van der Waals surface area contributed by atoms with Gasteiger partial charge in [0.25, 0.3) is 0 Å². The van der Waals surface area contributed by atoms with Gasteiger partial charge in [-0.3, -0.25) is 0 Å². The summed E-state index contributed by atoms with van der Waals surface area (Å²) < 4.78 is 23.9. The Kier molecular flexibility index (Phi) is 9.79. The molecule has 142 valence electrons. The van der Waals surface area contributed by atoms with Gasteiger partial charge in [0.1, 0.15) is 5.82 Å². The number of guanidine groups is 1. The zero-order valence-corrected chi connectivity index (χ0v) is 17.5. The predicted octanol–water partition coefficient (Wildman–Crippen LogP) is 4.43. The summed E-state index contributed by atoms with van der Waals surface area (Å²) in [4.78, 5) is 4.52. The van der Waals surface area contributed by atoms with Crippen LogP contribution in [0.15, 0.2) is 47.5 Å². The van der Waals surface area contributed by atoms with Crippen LogP contribution in [-0.2, 0) is 6.54 Å². The van der Waals surface area contributed by atoms with Gasteiger partial charge in [-0.2, -0.15) is 0 Å². The van der Waals surface area contributed by atoms with E-state index in [1.807, 2.05) is 32.0 Å². The van der Waals surface area contributed by atoms with E-state index in [1.54, 1.807) is 19.2 Å². The molecule has 0 heterocycles. The molecule has 2 aromatic carbocycles. The van der Waals surface area contributed by atoms with Gasteiger partial charge in [-0.1, -0.05) is 12.1 Å². The van der Waals surface area contributed by atoms with Gasteiger partial charge >= 0.3 is 0 Å². The fourth-order valence-corrected chi connectivity index (χ4v) is 2.22. The molecule has 0 fully saturated rings. The lowest BCUT2D eigenvalue weighted by molar-refractivity contribution is 0.311. The van der Waals surface area contributed by atoms with Crippen LogP contribution in [0.4, 0.5) is 10.1 Å². The summed E-state index contributed by atoms with van der Waals surface area (Å²) in [6, 6.07) is 11.9. The van der Waals surface area contributed by atoms with E-state index < -0.39 is 0 Å². The second-order valence-electron chi connectivity index (χ2n) is 5.25. The fourth-order valence-electron chi connectivity index (χ4n) is 2.22. The molecular weight excluding hydrogens is 448 g/mol. The van der Waals surface area contributed by atoms with E-state index >= 15 is 0 Å². The topological polar surface area (TPSA) is 54.9 Å². The summed E-state index contributed by atoms with van der Waals surface area (Å²) in [5.74, 6) is 1.74. The molecule has 5 nitrogen and oxygen atoms in total. The van der Waals surface area contributed by atoms with Crippen LogP contribution in [0.25, 0.3) is 0 Å². The average Bonchev–Trinajstić information content (AvgIpc) is 2.62. The summed E-state index contributed by atoms with van der Waals surface area (Å²) in [6.45, 7) is 5.67. The summed E-state index contributed by atoms with van der Waals surface area (Å²) in [5, 5.41) is 6.42. The van der Waals surface area contributed by atoms with Gasteiger partial charge in [0, 0.05) is 18.3 Å². The van der Waals surface area contributed by atoms with Crippen LogP contribution in [0.5, 0.6) is 11.5 Å². The minimum absolute atomic E-state index is 0. The molecule has 0 saturated heterocycles. The molecule has 26 heavy (non-hydrogen) atoms. The summed E-state index contributed by atoms with van der Waals surface area (Å²) in [7, 11) is 1.61. The van der Waals surface area contributed by atoms with Crippen molar-refractivity contribution in [2.24, 2.45) is 4.99 Å². The van der Waals surface area contributed by atoms with E-state index in [-0.39, 0.29) is 29.8 Å². The third-order valence-corrected chi connectivity index (χ3v) is 3.40. The van der Waals surface area contributed by atoms with Crippen LogP contribution >= 0.6 is 24.0 Å². The van der Waals surface area contributed by atoms with Crippen LogP contribution in [0.3, 0.4) is 0 Å². The molecule has 2 N–H and O–H groups in total. The maximum atomic E-state index is 13.0. The van der Waals surface area contributed by atoms with Crippen LogP contribution in [0.1, 0.15) is 19.4 Å². The van der Waals surface area contributed by atoms with Gasteiger partial charge in [0.2, 0.25) is 0 Å². The highest BCUT2D eigenvalue weighted by Gasteiger charge is 2.07. The SMILES string of the molecule is CCNC(=NCc1ccc(F)cc1)Nc1ccc(OCC)c(OC)c1.I. The monoisotopic (exact) mass is 473 g/mol. The highest BCUT2D eigenvalue weighted by Crippen LogP contribution is 2.30. The Labute approximate surface area is 171 Å². The molecule has 2 aromatic rings. The number of rotatable bonds is 7. The number of halogens is 2. The minimum Gasteiger partial charge on any atom is -0.493 e. The van der Waals surface area contributed by atoms with Crippen molar-refractivity contribution in [2.45, 2.75) is 20.4 Å². The van der Waals surface area contributed by atoms with Crippen LogP contribution in [0.2, 0.25) is 0 Å². The third-order valence-electron chi connectivity index (χ3n) is 3.40. The van der Waals surface area contributed by atoms with Crippen LogP contribution in [-0.4, -0.2) is 26.2 Å². The van der Waals surface area contributed by atoms with Gasteiger partial charge in [0.15, 0.2) is 17.5 Å². The number of nitrogens with zero attached hydrogens (tertiary/aromatic N) is 1. The lowest BCUT2D eigenvalue weighted by atomic mass is 10.2. The largest absolute Gasteiger partial charge is 0.493 e. The first-order valence-corrected chi connectivity index (χ1v) is 8.26. The smallest absolute Gasteiger partial charge is 0.196 e. The van der Waals surface area contributed by atoms with Crippen molar-refractivity contribution in [1.82, 2.24) is 5.32 Å². The molecule has 7 heteroatoms. The number of hydrogen-bond donors (Lipinski definition) is 2. The van der Waals surface area contributed by atoms with E-state index in [4.69, 9.17) is 9.47 Å². The van der Waals surface area contributed by atoms with Crippen molar-refractivity contribution in [3.8, 4) is 11.5 Å². The quantitative estimate of drug-likeness (QED) is 0.355. The molecule has 0 spiro atoms. The summed E-state index contributed by atoms with van der Waals surface area (Å²) in [5.41, 5.74) is 1.77. The lowest BCUT2D eigenvalue weighted by Crippen LogP contribution is -2.30. The Morgan fingerprint density at radius 1 is 1.08 bits per heavy atom. The van der Waals surface area contributed by atoms with Crippen molar-refractivity contribution in [2.75, 3.05) is 25.6 Å². The maximum absolute atomic E-state index is 13.0. The Morgan fingerprint density at radius 3 is 2.42 bits per heavy atom. The molecule has 0 amide bonds. The molecule has 2 rings (SSSR count).